The summed E-state index contributed by atoms with van der Waals surface area (Å²) in [5, 5.41) is 2.92. The number of carbonyl (C=O) groups excluding carboxylic acids is 1. The number of halogens is 1. The van der Waals surface area contributed by atoms with E-state index in [1.807, 2.05) is 4.90 Å². The van der Waals surface area contributed by atoms with Gasteiger partial charge in [-0.2, -0.15) is 0 Å². The average molecular weight is 367 g/mol. The van der Waals surface area contributed by atoms with Gasteiger partial charge in [0, 0.05) is 26.2 Å². The Morgan fingerprint density at radius 3 is 2.76 bits per heavy atom. The first-order valence-electron chi connectivity index (χ1n) is 8.18. The van der Waals surface area contributed by atoms with Crippen molar-refractivity contribution in [3.8, 4) is 0 Å². The molecule has 2 aliphatic rings. The average Bonchev–Trinajstić information content (AvgIpc) is 2.95. The van der Waals surface area contributed by atoms with Gasteiger partial charge < -0.3 is 25.6 Å². The summed E-state index contributed by atoms with van der Waals surface area (Å²) in [6, 6.07) is 4.86. The maximum absolute atomic E-state index is 14.6. The van der Waals surface area contributed by atoms with Gasteiger partial charge in [0.25, 0.3) is 0 Å². The van der Waals surface area contributed by atoms with Gasteiger partial charge in [0.15, 0.2) is 5.11 Å². The summed E-state index contributed by atoms with van der Waals surface area (Å²) in [5.41, 5.74) is 6.43. The van der Waals surface area contributed by atoms with Crippen LogP contribution < -0.4 is 20.9 Å². The van der Waals surface area contributed by atoms with E-state index in [-0.39, 0.29) is 17.0 Å². The molecule has 25 heavy (non-hydrogen) atoms. The smallest absolute Gasteiger partial charge is 0.414 e. The number of nitrogens with one attached hydrogen (secondary N) is 1. The Morgan fingerprint density at radius 1 is 1.40 bits per heavy atom. The molecule has 0 aromatic heterocycles. The summed E-state index contributed by atoms with van der Waals surface area (Å²) in [7, 11) is 2.05. The van der Waals surface area contributed by atoms with E-state index in [2.05, 4.69) is 17.3 Å². The molecule has 1 aromatic carbocycles. The largest absolute Gasteiger partial charge is 0.442 e. The number of thiocarbonyl (C=S) groups is 1. The van der Waals surface area contributed by atoms with Gasteiger partial charge in [0.2, 0.25) is 0 Å². The number of nitrogens with zero attached hydrogens (tertiary/aromatic N) is 3. The van der Waals surface area contributed by atoms with Gasteiger partial charge in [-0.1, -0.05) is 0 Å². The molecule has 0 unspecified atom stereocenters. The Hall–Kier alpha value is -2.13. The molecular weight excluding hydrogens is 345 g/mol. The van der Waals surface area contributed by atoms with E-state index in [1.165, 1.54) is 11.0 Å². The van der Waals surface area contributed by atoms with Crippen LogP contribution in [0.5, 0.6) is 0 Å². The van der Waals surface area contributed by atoms with Crippen LogP contribution in [0.3, 0.4) is 0 Å². The molecule has 3 rings (SSSR count). The van der Waals surface area contributed by atoms with Crippen molar-refractivity contribution in [2.24, 2.45) is 5.73 Å². The van der Waals surface area contributed by atoms with Crippen LogP contribution >= 0.6 is 12.2 Å². The first kappa shape index (κ1) is 17.7. The normalized spacial score (nSPS) is 21.4. The number of ether oxygens (including phenoxy) is 1. The lowest BCUT2D eigenvalue weighted by atomic mass is 10.2. The molecule has 2 saturated heterocycles. The van der Waals surface area contributed by atoms with E-state index in [4.69, 9.17) is 22.7 Å². The molecule has 1 amide bonds. The number of piperazine rings is 1. The Morgan fingerprint density at radius 2 is 2.12 bits per heavy atom. The van der Waals surface area contributed by atoms with Gasteiger partial charge >= 0.3 is 6.09 Å². The summed E-state index contributed by atoms with van der Waals surface area (Å²) < 4.78 is 19.8. The van der Waals surface area contributed by atoms with Gasteiger partial charge in [-0.05, 0) is 37.5 Å². The standard InChI is InChI=1S/C16H22FN5O2S/c1-20-4-6-21(7-5-20)14-3-2-11(8-13(14)17)22-10-12(24-16(22)23)9-19-15(18)25/h2-3,8,12H,4-7,9-10H2,1H3,(H3,18,19,25)/t12-/m0/s1. The van der Waals surface area contributed by atoms with Gasteiger partial charge in [0.1, 0.15) is 11.9 Å². The fourth-order valence-corrected chi connectivity index (χ4v) is 3.10. The van der Waals surface area contributed by atoms with Gasteiger partial charge in [0.05, 0.1) is 24.5 Å². The topological polar surface area (TPSA) is 74.1 Å². The zero-order chi connectivity index (χ0) is 18.0. The molecule has 9 heteroatoms. The minimum atomic E-state index is -0.499. The van der Waals surface area contributed by atoms with Gasteiger partial charge in [-0.3, -0.25) is 4.90 Å². The fraction of sp³-hybridized carbons (Fsp3) is 0.500. The highest BCUT2D eigenvalue weighted by Gasteiger charge is 2.32. The molecule has 0 spiro atoms. The van der Waals surface area contributed by atoms with E-state index >= 15 is 0 Å². The molecule has 2 aliphatic heterocycles. The highest BCUT2D eigenvalue weighted by molar-refractivity contribution is 7.80. The van der Waals surface area contributed by atoms with Crippen LogP contribution in [0.15, 0.2) is 18.2 Å². The Labute approximate surface area is 151 Å². The molecule has 1 aromatic rings. The number of benzene rings is 1. The molecule has 3 N–H and O–H groups in total. The maximum Gasteiger partial charge on any atom is 0.414 e. The SMILES string of the molecule is CN1CCN(c2ccc(N3C[C@H](CNC(N)=S)OC3=O)cc2F)CC1. The van der Waals surface area contributed by atoms with Crippen molar-refractivity contribution in [3.05, 3.63) is 24.0 Å². The second-order valence-electron chi connectivity index (χ2n) is 6.29. The number of amides is 1. The fourth-order valence-electron chi connectivity index (χ4n) is 3.02. The highest BCUT2D eigenvalue weighted by Crippen LogP contribution is 2.28. The molecule has 0 aliphatic carbocycles. The second kappa shape index (κ2) is 7.40. The lowest BCUT2D eigenvalue weighted by molar-refractivity contribution is 0.143. The summed E-state index contributed by atoms with van der Waals surface area (Å²) in [4.78, 5) is 17.7. The molecule has 7 nitrogen and oxygen atoms in total. The van der Waals surface area contributed by atoms with Crippen molar-refractivity contribution in [1.82, 2.24) is 10.2 Å². The number of carbonyl (C=O) groups is 1. The predicted molar refractivity (Wildman–Crippen MR) is 98.5 cm³/mol. The molecule has 0 bridgehead atoms. The van der Waals surface area contributed by atoms with Crippen LogP contribution in [0.1, 0.15) is 0 Å². The van der Waals surface area contributed by atoms with Crippen molar-refractivity contribution >= 4 is 34.8 Å². The summed E-state index contributed by atoms with van der Waals surface area (Å²) in [6.45, 7) is 4.02. The summed E-state index contributed by atoms with van der Waals surface area (Å²) in [6.07, 6.45) is -0.879. The van der Waals surface area contributed by atoms with Crippen molar-refractivity contribution in [2.75, 3.05) is 56.1 Å². The minimum absolute atomic E-state index is 0.150. The molecule has 136 valence electrons. The minimum Gasteiger partial charge on any atom is -0.442 e. The highest BCUT2D eigenvalue weighted by atomic mass is 32.1. The van der Waals surface area contributed by atoms with E-state index in [0.717, 1.165) is 26.2 Å². The zero-order valence-electron chi connectivity index (χ0n) is 14.1. The van der Waals surface area contributed by atoms with E-state index in [9.17, 15) is 9.18 Å². The molecule has 0 saturated carbocycles. The number of likely N-dealkylation sites (N-methyl/N-ethyl adjacent to an activating group) is 1. The first-order chi connectivity index (χ1) is 11.9. The molecule has 2 heterocycles. The van der Waals surface area contributed by atoms with E-state index < -0.39 is 6.09 Å². The summed E-state index contributed by atoms with van der Waals surface area (Å²) >= 11 is 4.74. The quantitative estimate of drug-likeness (QED) is 0.760. The zero-order valence-corrected chi connectivity index (χ0v) is 14.9. The molecule has 2 fully saturated rings. The van der Waals surface area contributed by atoms with Crippen molar-refractivity contribution in [1.29, 1.82) is 0 Å². The lowest BCUT2D eigenvalue weighted by Crippen LogP contribution is -2.44. The Bertz CT molecular complexity index is 666. The van der Waals surface area contributed by atoms with Gasteiger partial charge in [-0.25, -0.2) is 9.18 Å². The van der Waals surface area contributed by atoms with Crippen LogP contribution in [-0.4, -0.2) is 68.5 Å². The third-order valence-electron chi connectivity index (χ3n) is 4.46. The number of nitrogens with two attached hydrogens (primary N) is 1. The summed E-state index contributed by atoms with van der Waals surface area (Å²) in [5.74, 6) is -0.334. The number of cyclic esters (lactones) is 1. The van der Waals surface area contributed by atoms with E-state index in [1.54, 1.807) is 12.1 Å². The van der Waals surface area contributed by atoms with Crippen LogP contribution in [0.25, 0.3) is 0 Å². The number of hydrogen-bond donors (Lipinski definition) is 2. The third-order valence-corrected chi connectivity index (χ3v) is 4.61. The Kier molecular flexibility index (Phi) is 5.24. The van der Waals surface area contributed by atoms with Crippen LogP contribution in [0.4, 0.5) is 20.6 Å². The lowest BCUT2D eigenvalue weighted by Gasteiger charge is -2.34. The third kappa shape index (κ3) is 4.10. The Balaban J connectivity index is 1.68. The molecule has 0 radical (unpaired) electrons. The number of hydrogen-bond acceptors (Lipinski definition) is 5. The first-order valence-corrected chi connectivity index (χ1v) is 8.59. The maximum atomic E-state index is 14.6. The predicted octanol–water partition coefficient (Wildman–Crippen LogP) is 0.736. The monoisotopic (exact) mass is 367 g/mol. The number of rotatable bonds is 4. The van der Waals surface area contributed by atoms with Crippen molar-refractivity contribution < 1.29 is 13.9 Å². The van der Waals surface area contributed by atoms with Crippen molar-refractivity contribution in [2.45, 2.75) is 6.10 Å². The van der Waals surface area contributed by atoms with Crippen LogP contribution in [0.2, 0.25) is 0 Å². The van der Waals surface area contributed by atoms with E-state index in [0.29, 0.717) is 24.5 Å². The van der Waals surface area contributed by atoms with Gasteiger partial charge in [-0.15, -0.1) is 0 Å². The second-order valence-corrected chi connectivity index (χ2v) is 6.73. The van der Waals surface area contributed by atoms with Crippen LogP contribution in [0, 0.1) is 5.82 Å². The van der Waals surface area contributed by atoms with Crippen molar-refractivity contribution in [3.63, 3.8) is 0 Å². The molecule has 1 atom stereocenters. The van der Waals surface area contributed by atoms with Crippen LogP contribution in [-0.2, 0) is 4.74 Å². The molecular formula is C16H22FN5O2S. The number of anilines is 2.